The van der Waals surface area contributed by atoms with Crippen LogP contribution in [0.25, 0.3) is 0 Å². The molecule has 0 atom stereocenters. The first-order chi connectivity index (χ1) is 7.16. The maximum Gasteiger partial charge on any atom is 0.0771 e. The fraction of sp³-hybridized carbons (Fsp3) is 1.00. The molecular formula is C12H25NO2. The van der Waals surface area contributed by atoms with Gasteiger partial charge in [-0.15, -0.1) is 0 Å². The highest BCUT2D eigenvalue weighted by atomic mass is 16.5. The maximum atomic E-state index is 10.2. The highest BCUT2D eigenvalue weighted by Crippen LogP contribution is 2.31. The summed E-state index contributed by atoms with van der Waals surface area (Å²) in [5.74, 6) is 0.786. The van der Waals surface area contributed by atoms with E-state index >= 15 is 0 Å². The van der Waals surface area contributed by atoms with E-state index in [1.807, 2.05) is 6.92 Å². The summed E-state index contributed by atoms with van der Waals surface area (Å²) in [6.45, 7) is 7.32. The molecule has 1 rings (SSSR count). The number of nitrogens with one attached hydrogen (secondary N) is 1. The normalized spacial score (nSPS) is 31.8. The number of rotatable bonds is 6. The van der Waals surface area contributed by atoms with E-state index < -0.39 is 5.60 Å². The van der Waals surface area contributed by atoms with Crippen molar-refractivity contribution in [3.05, 3.63) is 0 Å². The fourth-order valence-corrected chi connectivity index (χ4v) is 2.09. The van der Waals surface area contributed by atoms with Gasteiger partial charge in [0.05, 0.1) is 12.2 Å². The first-order valence-electron chi connectivity index (χ1n) is 6.17. The van der Waals surface area contributed by atoms with Gasteiger partial charge in [0, 0.05) is 19.7 Å². The van der Waals surface area contributed by atoms with Crippen LogP contribution in [0.1, 0.15) is 39.5 Å². The van der Waals surface area contributed by atoms with Crippen LogP contribution in [0.4, 0.5) is 0 Å². The van der Waals surface area contributed by atoms with Crippen LogP contribution in [-0.2, 0) is 4.74 Å². The van der Waals surface area contributed by atoms with E-state index in [4.69, 9.17) is 4.74 Å². The van der Waals surface area contributed by atoms with E-state index in [2.05, 4.69) is 12.2 Å². The summed E-state index contributed by atoms with van der Waals surface area (Å²) >= 11 is 0. The minimum absolute atomic E-state index is 0.460. The Balaban J connectivity index is 2.08. The molecule has 0 heterocycles. The second kappa shape index (κ2) is 6.46. The molecular weight excluding hydrogens is 190 g/mol. The standard InChI is InChI=1S/C12H25NO2/c1-3-15-9-8-13-10-12(14)6-4-11(2)5-7-12/h11,13-14H,3-10H2,1-2H3. The summed E-state index contributed by atoms with van der Waals surface area (Å²) < 4.78 is 5.23. The van der Waals surface area contributed by atoms with Crippen molar-refractivity contribution in [1.29, 1.82) is 0 Å². The third-order valence-corrected chi connectivity index (χ3v) is 3.29. The van der Waals surface area contributed by atoms with Gasteiger partial charge in [-0.05, 0) is 38.5 Å². The molecule has 0 radical (unpaired) electrons. The molecule has 3 nitrogen and oxygen atoms in total. The molecule has 1 fully saturated rings. The van der Waals surface area contributed by atoms with Crippen molar-refractivity contribution in [3.63, 3.8) is 0 Å². The molecule has 0 saturated heterocycles. The number of aliphatic hydroxyl groups is 1. The summed E-state index contributed by atoms with van der Waals surface area (Å²) in [6, 6.07) is 0. The van der Waals surface area contributed by atoms with E-state index in [0.29, 0.717) is 6.54 Å². The quantitative estimate of drug-likeness (QED) is 0.661. The first kappa shape index (κ1) is 12.9. The predicted molar refractivity (Wildman–Crippen MR) is 61.9 cm³/mol. The second-order valence-corrected chi connectivity index (χ2v) is 4.78. The van der Waals surface area contributed by atoms with Crippen molar-refractivity contribution < 1.29 is 9.84 Å². The van der Waals surface area contributed by atoms with E-state index in [0.717, 1.165) is 51.4 Å². The molecule has 0 bridgehead atoms. The highest BCUT2D eigenvalue weighted by molar-refractivity contribution is 4.86. The smallest absolute Gasteiger partial charge is 0.0771 e. The van der Waals surface area contributed by atoms with E-state index in [1.165, 1.54) is 0 Å². The molecule has 90 valence electrons. The van der Waals surface area contributed by atoms with Gasteiger partial charge in [-0.1, -0.05) is 6.92 Å². The summed E-state index contributed by atoms with van der Waals surface area (Å²) in [4.78, 5) is 0. The summed E-state index contributed by atoms with van der Waals surface area (Å²) in [7, 11) is 0. The Morgan fingerprint density at radius 1 is 1.40 bits per heavy atom. The van der Waals surface area contributed by atoms with E-state index in [9.17, 15) is 5.11 Å². The largest absolute Gasteiger partial charge is 0.389 e. The van der Waals surface area contributed by atoms with Crippen LogP contribution >= 0.6 is 0 Å². The molecule has 0 aromatic carbocycles. The summed E-state index contributed by atoms with van der Waals surface area (Å²) in [5.41, 5.74) is -0.460. The Hall–Kier alpha value is -0.120. The van der Waals surface area contributed by atoms with Crippen molar-refractivity contribution in [3.8, 4) is 0 Å². The maximum absolute atomic E-state index is 10.2. The minimum atomic E-state index is -0.460. The lowest BCUT2D eigenvalue weighted by molar-refractivity contribution is -0.00719. The number of ether oxygens (including phenoxy) is 1. The third kappa shape index (κ3) is 4.96. The minimum Gasteiger partial charge on any atom is -0.389 e. The Morgan fingerprint density at radius 3 is 2.67 bits per heavy atom. The van der Waals surface area contributed by atoms with Gasteiger partial charge in [0.15, 0.2) is 0 Å². The zero-order valence-electron chi connectivity index (χ0n) is 10.1. The molecule has 1 aliphatic rings. The molecule has 0 unspecified atom stereocenters. The first-order valence-corrected chi connectivity index (χ1v) is 6.17. The Labute approximate surface area is 93.2 Å². The van der Waals surface area contributed by atoms with Crippen molar-refractivity contribution in [1.82, 2.24) is 5.32 Å². The van der Waals surface area contributed by atoms with Crippen molar-refractivity contribution in [2.24, 2.45) is 5.92 Å². The van der Waals surface area contributed by atoms with Crippen LogP contribution in [0.5, 0.6) is 0 Å². The average Bonchev–Trinajstić information content (AvgIpc) is 2.23. The van der Waals surface area contributed by atoms with Crippen LogP contribution in [0, 0.1) is 5.92 Å². The number of hydrogen-bond donors (Lipinski definition) is 2. The molecule has 2 N–H and O–H groups in total. The van der Waals surface area contributed by atoms with Crippen LogP contribution < -0.4 is 5.32 Å². The third-order valence-electron chi connectivity index (χ3n) is 3.29. The van der Waals surface area contributed by atoms with Gasteiger partial charge < -0.3 is 15.2 Å². The fourth-order valence-electron chi connectivity index (χ4n) is 2.09. The van der Waals surface area contributed by atoms with Crippen LogP contribution in [0.2, 0.25) is 0 Å². The monoisotopic (exact) mass is 215 g/mol. The Morgan fingerprint density at radius 2 is 2.07 bits per heavy atom. The molecule has 0 amide bonds. The molecule has 1 saturated carbocycles. The molecule has 0 aromatic heterocycles. The summed E-state index contributed by atoms with van der Waals surface area (Å²) in [6.07, 6.45) is 4.19. The molecule has 0 spiro atoms. The zero-order chi connectivity index (χ0) is 11.1. The average molecular weight is 215 g/mol. The van der Waals surface area contributed by atoms with E-state index in [1.54, 1.807) is 0 Å². The lowest BCUT2D eigenvalue weighted by atomic mass is 9.79. The molecule has 15 heavy (non-hydrogen) atoms. The van der Waals surface area contributed by atoms with Gasteiger partial charge in [0.2, 0.25) is 0 Å². The van der Waals surface area contributed by atoms with Crippen molar-refractivity contribution in [2.75, 3.05) is 26.3 Å². The number of hydrogen-bond acceptors (Lipinski definition) is 3. The van der Waals surface area contributed by atoms with Gasteiger partial charge in [-0.25, -0.2) is 0 Å². The predicted octanol–water partition coefficient (Wildman–Crippen LogP) is 1.55. The summed E-state index contributed by atoms with van der Waals surface area (Å²) in [5, 5.41) is 13.5. The second-order valence-electron chi connectivity index (χ2n) is 4.78. The Bertz CT molecular complexity index is 165. The Kier molecular flexibility index (Phi) is 5.58. The lowest BCUT2D eigenvalue weighted by Gasteiger charge is -2.35. The lowest BCUT2D eigenvalue weighted by Crippen LogP contribution is -2.44. The molecule has 3 heteroatoms. The van der Waals surface area contributed by atoms with Crippen LogP contribution in [0.15, 0.2) is 0 Å². The van der Waals surface area contributed by atoms with Crippen molar-refractivity contribution >= 4 is 0 Å². The zero-order valence-corrected chi connectivity index (χ0v) is 10.1. The van der Waals surface area contributed by atoms with Gasteiger partial charge in [-0.3, -0.25) is 0 Å². The molecule has 1 aliphatic carbocycles. The van der Waals surface area contributed by atoms with E-state index in [-0.39, 0.29) is 0 Å². The molecule has 0 aromatic rings. The van der Waals surface area contributed by atoms with Crippen LogP contribution in [0.3, 0.4) is 0 Å². The SMILES string of the molecule is CCOCCNCC1(O)CCC(C)CC1. The van der Waals surface area contributed by atoms with Gasteiger partial charge in [0.1, 0.15) is 0 Å². The highest BCUT2D eigenvalue weighted by Gasteiger charge is 2.30. The van der Waals surface area contributed by atoms with Gasteiger partial charge in [0.25, 0.3) is 0 Å². The van der Waals surface area contributed by atoms with Crippen LogP contribution in [-0.4, -0.2) is 37.0 Å². The molecule has 0 aliphatic heterocycles. The van der Waals surface area contributed by atoms with Gasteiger partial charge in [-0.2, -0.15) is 0 Å². The van der Waals surface area contributed by atoms with Gasteiger partial charge >= 0.3 is 0 Å². The topological polar surface area (TPSA) is 41.5 Å². The van der Waals surface area contributed by atoms with Crippen molar-refractivity contribution in [2.45, 2.75) is 45.1 Å².